The molecule has 0 spiro atoms. The summed E-state index contributed by atoms with van der Waals surface area (Å²) in [6.45, 7) is 11.4. The zero-order valence-electron chi connectivity index (χ0n) is 13.6. The van der Waals surface area contributed by atoms with Gasteiger partial charge in [-0.3, -0.25) is 4.68 Å². The van der Waals surface area contributed by atoms with Crippen LogP contribution in [0.4, 0.5) is 0 Å². The van der Waals surface area contributed by atoms with E-state index in [-0.39, 0.29) is 6.04 Å². The third-order valence-corrected chi connectivity index (χ3v) is 3.60. The van der Waals surface area contributed by atoms with E-state index >= 15 is 0 Å². The number of aromatic nitrogens is 4. The number of nitrogens with zero attached hydrogens (tertiary/aromatic N) is 4. The zero-order chi connectivity index (χ0) is 15.2. The Hall–Kier alpha value is -1.62. The molecule has 0 aliphatic heterocycles. The summed E-state index contributed by atoms with van der Waals surface area (Å²) < 4.78 is 4.32. The Morgan fingerprint density at radius 3 is 2.71 bits per heavy atom. The van der Waals surface area contributed by atoms with E-state index in [1.165, 1.54) is 5.69 Å². The number of imidazole rings is 1. The second-order valence-electron chi connectivity index (χ2n) is 5.39. The van der Waals surface area contributed by atoms with Gasteiger partial charge in [-0.05, 0) is 39.3 Å². The summed E-state index contributed by atoms with van der Waals surface area (Å²) in [5.41, 5.74) is 2.26. The third kappa shape index (κ3) is 3.53. The van der Waals surface area contributed by atoms with Crippen LogP contribution < -0.4 is 5.32 Å². The molecule has 5 nitrogen and oxygen atoms in total. The molecule has 0 bridgehead atoms. The highest BCUT2D eigenvalue weighted by Gasteiger charge is 2.22. The first kappa shape index (κ1) is 15.8. The summed E-state index contributed by atoms with van der Waals surface area (Å²) in [6, 6.07) is 2.27. The highest BCUT2D eigenvalue weighted by molar-refractivity contribution is 5.21. The summed E-state index contributed by atoms with van der Waals surface area (Å²) in [5, 5.41) is 8.21. The Balaban J connectivity index is 2.39. The summed E-state index contributed by atoms with van der Waals surface area (Å²) in [5.74, 6) is 1.08. The summed E-state index contributed by atoms with van der Waals surface area (Å²) in [7, 11) is 0. The van der Waals surface area contributed by atoms with Gasteiger partial charge in [-0.2, -0.15) is 5.10 Å². The lowest BCUT2D eigenvalue weighted by molar-refractivity contribution is 0.488. The maximum atomic E-state index is 4.61. The van der Waals surface area contributed by atoms with Crippen LogP contribution in [0.1, 0.15) is 56.9 Å². The number of rotatable bonds is 8. The topological polar surface area (TPSA) is 47.7 Å². The van der Waals surface area contributed by atoms with E-state index < -0.39 is 0 Å². The fourth-order valence-corrected chi connectivity index (χ4v) is 2.68. The minimum Gasteiger partial charge on any atom is -0.333 e. The van der Waals surface area contributed by atoms with Crippen LogP contribution in [0.2, 0.25) is 0 Å². The predicted molar refractivity (Wildman–Crippen MR) is 85.3 cm³/mol. The van der Waals surface area contributed by atoms with E-state index in [2.05, 4.69) is 57.7 Å². The number of hydrogen-bond acceptors (Lipinski definition) is 3. The molecule has 1 unspecified atom stereocenters. The molecule has 0 saturated carbocycles. The van der Waals surface area contributed by atoms with Gasteiger partial charge in [0.2, 0.25) is 0 Å². The number of aryl methyl sites for hydroxylation is 3. The Labute approximate surface area is 127 Å². The quantitative estimate of drug-likeness (QED) is 0.813. The van der Waals surface area contributed by atoms with Gasteiger partial charge in [-0.25, -0.2) is 4.98 Å². The van der Waals surface area contributed by atoms with Crippen molar-refractivity contribution >= 4 is 0 Å². The molecule has 2 aromatic heterocycles. The van der Waals surface area contributed by atoms with Crippen molar-refractivity contribution in [3.05, 3.63) is 35.7 Å². The standard InChI is InChI=1S/C16H27N5/c1-5-8-17-15(14-12-13(4)19-21(14)7-3)16-18-9-11-20(16)10-6-2/h9,11-12,15,17H,5-8,10H2,1-4H3. The van der Waals surface area contributed by atoms with Crippen molar-refractivity contribution < 1.29 is 0 Å². The van der Waals surface area contributed by atoms with Crippen molar-refractivity contribution in [3.8, 4) is 0 Å². The smallest absolute Gasteiger partial charge is 0.132 e. The van der Waals surface area contributed by atoms with Crippen LogP contribution in [-0.2, 0) is 13.1 Å². The normalized spacial score (nSPS) is 12.8. The van der Waals surface area contributed by atoms with Gasteiger partial charge in [0.25, 0.3) is 0 Å². The van der Waals surface area contributed by atoms with Crippen molar-refractivity contribution in [1.29, 1.82) is 0 Å². The van der Waals surface area contributed by atoms with Crippen LogP contribution in [0.5, 0.6) is 0 Å². The van der Waals surface area contributed by atoms with E-state index in [0.29, 0.717) is 0 Å². The summed E-state index contributed by atoms with van der Waals surface area (Å²) in [4.78, 5) is 4.61. The molecule has 0 aliphatic rings. The fourth-order valence-electron chi connectivity index (χ4n) is 2.68. The van der Waals surface area contributed by atoms with Crippen molar-refractivity contribution in [2.75, 3.05) is 6.54 Å². The highest BCUT2D eigenvalue weighted by Crippen LogP contribution is 2.22. The van der Waals surface area contributed by atoms with Gasteiger partial charge in [-0.15, -0.1) is 0 Å². The minimum atomic E-state index is 0.104. The first-order chi connectivity index (χ1) is 10.2. The van der Waals surface area contributed by atoms with E-state index in [0.717, 1.165) is 44.0 Å². The van der Waals surface area contributed by atoms with E-state index in [1.807, 2.05) is 13.1 Å². The Morgan fingerprint density at radius 2 is 2.05 bits per heavy atom. The van der Waals surface area contributed by atoms with Gasteiger partial charge in [0.05, 0.1) is 11.4 Å². The van der Waals surface area contributed by atoms with Crippen molar-refractivity contribution in [1.82, 2.24) is 24.6 Å². The van der Waals surface area contributed by atoms with Crippen LogP contribution in [0, 0.1) is 6.92 Å². The Kier molecular flexibility index (Phi) is 5.56. The second kappa shape index (κ2) is 7.41. The molecule has 0 aliphatic carbocycles. The average molecular weight is 289 g/mol. The maximum absolute atomic E-state index is 4.61. The molecule has 21 heavy (non-hydrogen) atoms. The Morgan fingerprint density at radius 1 is 1.24 bits per heavy atom. The van der Waals surface area contributed by atoms with Crippen molar-refractivity contribution in [3.63, 3.8) is 0 Å². The fraction of sp³-hybridized carbons (Fsp3) is 0.625. The molecule has 2 aromatic rings. The van der Waals surface area contributed by atoms with Gasteiger partial charge >= 0.3 is 0 Å². The monoisotopic (exact) mass is 289 g/mol. The molecule has 0 aromatic carbocycles. The molecule has 116 valence electrons. The molecule has 0 fully saturated rings. The largest absolute Gasteiger partial charge is 0.333 e. The van der Waals surface area contributed by atoms with Crippen LogP contribution in [0.15, 0.2) is 18.5 Å². The molecule has 1 atom stereocenters. The molecule has 2 rings (SSSR count). The molecular weight excluding hydrogens is 262 g/mol. The Bertz CT molecular complexity index is 555. The van der Waals surface area contributed by atoms with Crippen LogP contribution >= 0.6 is 0 Å². The van der Waals surface area contributed by atoms with Crippen LogP contribution in [0.25, 0.3) is 0 Å². The summed E-state index contributed by atoms with van der Waals surface area (Å²) in [6.07, 6.45) is 6.17. The number of nitrogens with one attached hydrogen (secondary N) is 1. The summed E-state index contributed by atoms with van der Waals surface area (Å²) >= 11 is 0. The van der Waals surface area contributed by atoms with Gasteiger partial charge < -0.3 is 9.88 Å². The molecule has 5 heteroatoms. The lowest BCUT2D eigenvalue weighted by Gasteiger charge is -2.20. The first-order valence-electron chi connectivity index (χ1n) is 7.99. The SMILES string of the molecule is CCCNC(c1nccn1CCC)c1cc(C)nn1CC. The molecule has 0 amide bonds. The predicted octanol–water partition coefficient (Wildman–Crippen LogP) is 2.91. The second-order valence-corrected chi connectivity index (χ2v) is 5.39. The lowest BCUT2D eigenvalue weighted by atomic mass is 10.1. The maximum Gasteiger partial charge on any atom is 0.132 e. The third-order valence-electron chi connectivity index (χ3n) is 3.60. The molecule has 2 heterocycles. The average Bonchev–Trinajstić information content (AvgIpc) is 3.07. The van der Waals surface area contributed by atoms with Gasteiger partial charge in [0.15, 0.2) is 0 Å². The lowest BCUT2D eigenvalue weighted by Crippen LogP contribution is -2.28. The van der Waals surface area contributed by atoms with Gasteiger partial charge in [0, 0.05) is 25.5 Å². The first-order valence-corrected chi connectivity index (χ1v) is 7.99. The van der Waals surface area contributed by atoms with E-state index in [1.54, 1.807) is 0 Å². The highest BCUT2D eigenvalue weighted by atomic mass is 15.3. The van der Waals surface area contributed by atoms with Crippen molar-refractivity contribution in [2.45, 2.75) is 59.7 Å². The molecule has 1 N–H and O–H groups in total. The molecule has 0 radical (unpaired) electrons. The van der Waals surface area contributed by atoms with Gasteiger partial charge in [0.1, 0.15) is 11.9 Å². The van der Waals surface area contributed by atoms with Crippen molar-refractivity contribution in [2.24, 2.45) is 0 Å². The van der Waals surface area contributed by atoms with Crippen LogP contribution in [0.3, 0.4) is 0 Å². The molecule has 0 saturated heterocycles. The minimum absolute atomic E-state index is 0.104. The van der Waals surface area contributed by atoms with E-state index in [4.69, 9.17) is 0 Å². The number of hydrogen-bond donors (Lipinski definition) is 1. The van der Waals surface area contributed by atoms with Crippen LogP contribution in [-0.4, -0.2) is 25.9 Å². The zero-order valence-corrected chi connectivity index (χ0v) is 13.6. The van der Waals surface area contributed by atoms with E-state index in [9.17, 15) is 0 Å². The van der Waals surface area contributed by atoms with Gasteiger partial charge in [-0.1, -0.05) is 13.8 Å². The molecular formula is C16H27N5.